The Bertz CT molecular complexity index is 702. The molecule has 0 saturated heterocycles. The number of benzene rings is 1. The standard InChI is InChI=1S/C14H14FNO3S/c1-2-3-8-20(17,18)10-13-9-19-14(16-13)11-4-6-12(15)7-5-11/h2-7,9H,8,10H2,1H3. The summed E-state index contributed by atoms with van der Waals surface area (Å²) in [5.74, 6) is -0.278. The van der Waals surface area contributed by atoms with Crippen LogP contribution in [0.25, 0.3) is 11.5 Å². The van der Waals surface area contributed by atoms with Crippen molar-refractivity contribution in [3.8, 4) is 11.5 Å². The van der Waals surface area contributed by atoms with Gasteiger partial charge in [0, 0.05) is 5.56 Å². The molecular weight excluding hydrogens is 281 g/mol. The molecule has 20 heavy (non-hydrogen) atoms. The zero-order valence-corrected chi connectivity index (χ0v) is 11.7. The minimum absolute atomic E-state index is 0.0256. The lowest BCUT2D eigenvalue weighted by Gasteiger charge is -1.97. The van der Waals surface area contributed by atoms with Gasteiger partial charge < -0.3 is 4.42 Å². The Morgan fingerprint density at radius 1 is 1.30 bits per heavy atom. The molecule has 1 aromatic heterocycles. The first kappa shape index (κ1) is 14.5. The third-order valence-electron chi connectivity index (χ3n) is 2.60. The fourth-order valence-electron chi connectivity index (χ4n) is 1.63. The summed E-state index contributed by atoms with van der Waals surface area (Å²) in [6, 6.07) is 5.64. The molecule has 0 aliphatic carbocycles. The van der Waals surface area contributed by atoms with Crippen LogP contribution in [0.5, 0.6) is 0 Å². The molecule has 0 unspecified atom stereocenters. The molecule has 0 amide bonds. The van der Waals surface area contributed by atoms with Crippen LogP contribution in [0.3, 0.4) is 0 Å². The number of allylic oxidation sites excluding steroid dienone is 1. The molecule has 0 bridgehead atoms. The zero-order chi connectivity index (χ0) is 14.6. The van der Waals surface area contributed by atoms with Crippen molar-refractivity contribution < 1.29 is 17.2 Å². The number of oxazole rings is 1. The van der Waals surface area contributed by atoms with Crippen molar-refractivity contribution in [3.05, 3.63) is 54.2 Å². The van der Waals surface area contributed by atoms with E-state index in [1.165, 1.54) is 30.5 Å². The number of hydrogen-bond acceptors (Lipinski definition) is 4. The average molecular weight is 295 g/mol. The third kappa shape index (κ3) is 3.77. The third-order valence-corrected chi connectivity index (χ3v) is 4.03. The van der Waals surface area contributed by atoms with Gasteiger partial charge in [-0.05, 0) is 31.2 Å². The summed E-state index contributed by atoms with van der Waals surface area (Å²) in [4.78, 5) is 4.11. The minimum atomic E-state index is -3.24. The van der Waals surface area contributed by atoms with Crippen molar-refractivity contribution in [1.82, 2.24) is 4.98 Å². The maximum Gasteiger partial charge on any atom is 0.226 e. The molecule has 0 saturated carbocycles. The van der Waals surface area contributed by atoms with Crippen molar-refractivity contribution in [1.29, 1.82) is 0 Å². The van der Waals surface area contributed by atoms with Gasteiger partial charge in [0.25, 0.3) is 0 Å². The van der Waals surface area contributed by atoms with Gasteiger partial charge in [0.2, 0.25) is 5.89 Å². The van der Waals surface area contributed by atoms with E-state index in [2.05, 4.69) is 4.98 Å². The smallest absolute Gasteiger partial charge is 0.226 e. The summed E-state index contributed by atoms with van der Waals surface area (Å²) in [6.07, 6.45) is 4.58. The quantitative estimate of drug-likeness (QED) is 0.796. The summed E-state index contributed by atoms with van der Waals surface area (Å²) in [6.45, 7) is 1.76. The Kier molecular flexibility index (Phi) is 4.34. The lowest BCUT2D eigenvalue weighted by molar-refractivity contribution is 0.571. The van der Waals surface area contributed by atoms with E-state index in [0.717, 1.165) is 0 Å². The molecule has 0 aliphatic heterocycles. The molecule has 106 valence electrons. The van der Waals surface area contributed by atoms with Crippen LogP contribution in [-0.4, -0.2) is 19.2 Å². The second kappa shape index (κ2) is 6.00. The Morgan fingerprint density at radius 2 is 2.00 bits per heavy atom. The van der Waals surface area contributed by atoms with E-state index in [1.54, 1.807) is 19.1 Å². The van der Waals surface area contributed by atoms with Crippen LogP contribution < -0.4 is 0 Å². The molecule has 0 atom stereocenters. The maximum atomic E-state index is 12.8. The van der Waals surface area contributed by atoms with Crippen molar-refractivity contribution in [2.24, 2.45) is 0 Å². The topological polar surface area (TPSA) is 60.2 Å². The van der Waals surface area contributed by atoms with E-state index in [0.29, 0.717) is 11.3 Å². The SMILES string of the molecule is CC=CCS(=O)(=O)Cc1coc(-c2ccc(F)cc2)n1. The summed E-state index contributed by atoms with van der Waals surface area (Å²) in [7, 11) is -3.24. The van der Waals surface area contributed by atoms with E-state index in [4.69, 9.17) is 4.42 Å². The highest BCUT2D eigenvalue weighted by Gasteiger charge is 2.14. The van der Waals surface area contributed by atoms with Crippen LogP contribution in [0.4, 0.5) is 4.39 Å². The lowest BCUT2D eigenvalue weighted by Crippen LogP contribution is -2.07. The summed E-state index contributed by atoms with van der Waals surface area (Å²) >= 11 is 0. The van der Waals surface area contributed by atoms with Gasteiger partial charge in [-0.1, -0.05) is 12.2 Å². The highest BCUT2D eigenvalue weighted by molar-refractivity contribution is 7.90. The van der Waals surface area contributed by atoms with Crippen LogP contribution in [0.2, 0.25) is 0 Å². The highest BCUT2D eigenvalue weighted by atomic mass is 32.2. The van der Waals surface area contributed by atoms with Crippen LogP contribution in [0.15, 0.2) is 47.1 Å². The fraction of sp³-hybridized carbons (Fsp3) is 0.214. The second-order valence-corrected chi connectivity index (χ2v) is 6.38. The molecule has 0 N–H and O–H groups in total. The maximum absolute atomic E-state index is 12.8. The number of nitrogens with zero attached hydrogens (tertiary/aromatic N) is 1. The van der Waals surface area contributed by atoms with Gasteiger partial charge in [-0.25, -0.2) is 17.8 Å². The molecule has 4 nitrogen and oxygen atoms in total. The molecule has 2 aromatic rings. The van der Waals surface area contributed by atoms with Crippen molar-refractivity contribution in [3.63, 3.8) is 0 Å². The molecule has 6 heteroatoms. The molecule has 2 rings (SSSR count). The van der Waals surface area contributed by atoms with E-state index in [1.807, 2.05) is 0 Å². The van der Waals surface area contributed by atoms with Crippen LogP contribution in [0, 0.1) is 5.82 Å². The predicted octanol–water partition coefficient (Wildman–Crippen LogP) is 2.97. The van der Waals surface area contributed by atoms with Gasteiger partial charge in [-0.2, -0.15) is 0 Å². The first-order valence-electron chi connectivity index (χ1n) is 6.02. The Morgan fingerprint density at radius 3 is 2.65 bits per heavy atom. The second-order valence-electron chi connectivity index (χ2n) is 4.27. The largest absolute Gasteiger partial charge is 0.444 e. The molecule has 1 heterocycles. The van der Waals surface area contributed by atoms with Crippen LogP contribution >= 0.6 is 0 Å². The number of hydrogen-bond donors (Lipinski definition) is 0. The Hall–Kier alpha value is -1.95. The molecule has 0 aliphatic rings. The van der Waals surface area contributed by atoms with E-state index < -0.39 is 9.84 Å². The van der Waals surface area contributed by atoms with E-state index in [-0.39, 0.29) is 23.2 Å². The van der Waals surface area contributed by atoms with Gasteiger partial charge >= 0.3 is 0 Å². The van der Waals surface area contributed by atoms with E-state index in [9.17, 15) is 12.8 Å². The van der Waals surface area contributed by atoms with Gasteiger partial charge in [0.1, 0.15) is 12.1 Å². The lowest BCUT2D eigenvalue weighted by atomic mass is 10.2. The molecule has 0 radical (unpaired) electrons. The normalized spacial score (nSPS) is 12.1. The molecule has 0 spiro atoms. The van der Waals surface area contributed by atoms with Gasteiger partial charge in [-0.15, -0.1) is 0 Å². The van der Waals surface area contributed by atoms with E-state index >= 15 is 0 Å². The monoisotopic (exact) mass is 295 g/mol. The van der Waals surface area contributed by atoms with Crippen LogP contribution in [0.1, 0.15) is 12.6 Å². The minimum Gasteiger partial charge on any atom is -0.444 e. The van der Waals surface area contributed by atoms with Crippen molar-refractivity contribution in [2.75, 3.05) is 5.75 Å². The number of aromatic nitrogens is 1. The van der Waals surface area contributed by atoms with Gasteiger partial charge in [0.15, 0.2) is 9.84 Å². The predicted molar refractivity (Wildman–Crippen MR) is 74.2 cm³/mol. The summed E-state index contributed by atoms with van der Waals surface area (Å²) < 4.78 is 41.6. The number of halogens is 1. The van der Waals surface area contributed by atoms with Gasteiger partial charge in [-0.3, -0.25) is 0 Å². The fourth-order valence-corrected chi connectivity index (χ4v) is 2.81. The number of rotatable bonds is 5. The number of sulfone groups is 1. The zero-order valence-electron chi connectivity index (χ0n) is 10.9. The summed E-state index contributed by atoms with van der Waals surface area (Å²) in [5.41, 5.74) is 0.942. The molecule has 1 aromatic carbocycles. The highest BCUT2D eigenvalue weighted by Crippen LogP contribution is 2.19. The molecular formula is C14H14FNO3S. The first-order valence-corrected chi connectivity index (χ1v) is 7.84. The Balaban J connectivity index is 2.15. The van der Waals surface area contributed by atoms with Gasteiger partial charge in [0.05, 0.1) is 17.2 Å². The average Bonchev–Trinajstić information content (AvgIpc) is 2.85. The van der Waals surface area contributed by atoms with Crippen molar-refractivity contribution in [2.45, 2.75) is 12.7 Å². The summed E-state index contributed by atoms with van der Waals surface area (Å²) in [5, 5.41) is 0. The van der Waals surface area contributed by atoms with Crippen LogP contribution in [-0.2, 0) is 15.6 Å². The van der Waals surface area contributed by atoms with Crippen molar-refractivity contribution >= 4 is 9.84 Å². The first-order chi connectivity index (χ1) is 9.50. The Labute approximate surface area is 116 Å². The molecule has 0 fully saturated rings.